The number of piperidine rings is 1. The van der Waals surface area contributed by atoms with Crippen LogP contribution >= 0.6 is 0 Å². The summed E-state index contributed by atoms with van der Waals surface area (Å²) in [7, 11) is 1.75. The third-order valence-corrected chi connectivity index (χ3v) is 6.12. The van der Waals surface area contributed by atoms with Crippen molar-refractivity contribution < 1.29 is 18.4 Å². The van der Waals surface area contributed by atoms with E-state index in [1.807, 2.05) is 36.4 Å². The third kappa shape index (κ3) is 3.44. The summed E-state index contributed by atoms with van der Waals surface area (Å²) in [5.41, 5.74) is 3.56. The van der Waals surface area contributed by atoms with Crippen LogP contribution in [0.5, 0.6) is 0 Å². The summed E-state index contributed by atoms with van der Waals surface area (Å²) < 4.78 is 26.8. The fraction of sp³-hybridized carbons (Fsp3) is 0.292. The van der Waals surface area contributed by atoms with Crippen molar-refractivity contribution in [2.24, 2.45) is 0 Å². The number of pyridine rings is 1. The number of nitrogens with zero attached hydrogens (tertiary/aromatic N) is 3. The zero-order valence-corrected chi connectivity index (χ0v) is 17.1. The standard InChI is InChI=1S/C24H21F2N3O2/c1-28-14-21-19(23(28)31)7-8-20(27-21)18-4-2-3-15-13-16(5-6-17(15)18)22(30)29-11-9-24(25,26)10-12-29/h2-8,13H,9-12,14H2,1H3. The maximum absolute atomic E-state index is 13.4. The van der Waals surface area contributed by atoms with Gasteiger partial charge in [-0.25, -0.2) is 8.78 Å². The molecular weight excluding hydrogens is 400 g/mol. The molecule has 0 unspecified atom stereocenters. The maximum atomic E-state index is 13.4. The van der Waals surface area contributed by atoms with Crippen molar-refractivity contribution in [3.05, 3.63) is 65.4 Å². The lowest BCUT2D eigenvalue weighted by Crippen LogP contribution is -2.42. The zero-order chi connectivity index (χ0) is 21.8. The van der Waals surface area contributed by atoms with Crippen molar-refractivity contribution in [2.45, 2.75) is 25.3 Å². The second kappa shape index (κ2) is 7.11. The molecule has 2 aliphatic rings. The third-order valence-electron chi connectivity index (χ3n) is 6.12. The molecule has 5 rings (SSSR count). The molecule has 0 atom stereocenters. The number of carbonyl (C=O) groups excluding carboxylic acids is 2. The number of amides is 2. The molecule has 5 nitrogen and oxygen atoms in total. The first kappa shape index (κ1) is 19.6. The average molecular weight is 421 g/mol. The lowest BCUT2D eigenvalue weighted by atomic mass is 9.98. The summed E-state index contributed by atoms with van der Waals surface area (Å²) >= 11 is 0. The van der Waals surface area contributed by atoms with Gasteiger partial charge in [0.1, 0.15) is 0 Å². The smallest absolute Gasteiger partial charge is 0.255 e. The molecule has 2 amide bonds. The van der Waals surface area contributed by atoms with Crippen LogP contribution in [-0.4, -0.2) is 52.7 Å². The Kier molecular flexibility index (Phi) is 4.50. The lowest BCUT2D eigenvalue weighted by molar-refractivity contribution is -0.0494. The highest BCUT2D eigenvalue weighted by atomic mass is 19.3. The van der Waals surface area contributed by atoms with Gasteiger partial charge in [-0.3, -0.25) is 14.6 Å². The minimum Gasteiger partial charge on any atom is -0.338 e. The number of halogens is 2. The van der Waals surface area contributed by atoms with E-state index in [1.54, 1.807) is 24.1 Å². The van der Waals surface area contributed by atoms with Gasteiger partial charge in [-0.1, -0.05) is 24.3 Å². The van der Waals surface area contributed by atoms with E-state index in [0.29, 0.717) is 17.7 Å². The highest BCUT2D eigenvalue weighted by Crippen LogP contribution is 2.32. The molecule has 1 aromatic heterocycles. The van der Waals surface area contributed by atoms with Gasteiger partial charge in [0.2, 0.25) is 0 Å². The minimum atomic E-state index is -2.68. The molecule has 0 bridgehead atoms. The Bertz CT molecular complexity index is 1210. The first-order chi connectivity index (χ1) is 14.8. The quantitative estimate of drug-likeness (QED) is 0.618. The molecule has 0 radical (unpaired) electrons. The fourth-order valence-electron chi connectivity index (χ4n) is 4.33. The molecule has 3 aromatic rings. The molecule has 7 heteroatoms. The summed E-state index contributed by atoms with van der Waals surface area (Å²) in [6, 6.07) is 14.9. The predicted octanol–water partition coefficient (Wildman–Crippen LogP) is 4.36. The summed E-state index contributed by atoms with van der Waals surface area (Å²) in [6.45, 7) is 0.618. The molecule has 1 saturated heterocycles. The summed E-state index contributed by atoms with van der Waals surface area (Å²) in [5, 5.41) is 1.82. The Hall–Kier alpha value is -3.35. The van der Waals surface area contributed by atoms with Crippen molar-refractivity contribution in [1.82, 2.24) is 14.8 Å². The van der Waals surface area contributed by atoms with E-state index in [1.165, 1.54) is 4.90 Å². The van der Waals surface area contributed by atoms with Crippen LogP contribution in [0.1, 0.15) is 39.3 Å². The molecule has 1 fully saturated rings. The van der Waals surface area contributed by atoms with E-state index in [-0.39, 0.29) is 37.7 Å². The van der Waals surface area contributed by atoms with E-state index in [2.05, 4.69) is 0 Å². The number of aromatic nitrogens is 1. The predicted molar refractivity (Wildman–Crippen MR) is 113 cm³/mol. The molecule has 31 heavy (non-hydrogen) atoms. The first-order valence-corrected chi connectivity index (χ1v) is 10.3. The van der Waals surface area contributed by atoms with Gasteiger partial charge in [-0.05, 0) is 35.0 Å². The number of hydrogen-bond donors (Lipinski definition) is 0. The minimum absolute atomic E-state index is 0.0226. The molecular formula is C24H21F2N3O2. The van der Waals surface area contributed by atoms with Gasteiger partial charge in [0.25, 0.3) is 17.7 Å². The monoisotopic (exact) mass is 421 g/mol. The van der Waals surface area contributed by atoms with Crippen molar-refractivity contribution in [2.75, 3.05) is 20.1 Å². The number of alkyl halides is 2. The van der Waals surface area contributed by atoms with E-state index < -0.39 is 5.92 Å². The van der Waals surface area contributed by atoms with Crippen LogP contribution < -0.4 is 0 Å². The normalized spacial score (nSPS) is 17.8. The van der Waals surface area contributed by atoms with Crippen LogP contribution in [0, 0.1) is 0 Å². The molecule has 0 N–H and O–H groups in total. The van der Waals surface area contributed by atoms with Gasteiger partial charge in [0.05, 0.1) is 23.5 Å². The van der Waals surface area contributed by atoms with Gasteiger partial charge in [0, 0.05) is 44.1 Å². The van der Waals surface area contributed by atoms with Crippen molar-refractivity contribution in [3.8, 4) is 11.3 Å². The molecule has 158 valence electrons. The number of rotatable bonds is 2. The van der Waals surface area contributed by atoms with Crippen LogP contribution in [0.3, 0.4) is 0 Å². The van der Waals surface area contributed by atoms with Crippen LogP contribution in [0.2, 0.25) is 0 Å². The summed E-state index contributed by atoms with van der Waals surface area (Å²) in [5.74, 6) is -2.93. The largest absolute Gasteiger partial charge is 0.338 e. The fourth-order valence-corrected chi connectivity index (χ4v) is 4.33. The molecule has 0 saturated carbocycles. The zero-order valence-electron chi connectivity index (χ0n) is 17.1. The molecule has 2 aliphatic heterocycles. The van der Waals surface area contributed by atoms with Gasteiger partial charge in [0.15, 0.2) is 0 Å². The van der Waals surface area contributed by atoms with Crippen molar-refractivity contribution in [3.63, 3.8) is 0 Å². The number of hydrogen-bond acceptors (Lipinski definition) is 3. The number of fused-ring (bicyclic) bond motifs is 2. The molecule has 0 aliphatic carbocycles. The lowest BCUT2D eigenvalue weighted by Gasteiger charge is -2.31. The van der Waals surface area contributed by atoms with Gasteiger partial charge in [-0.15, -0.1) is 0 Å². The van der Waals surface area contributed by atoms with Gasteiger partial charge in [-0.2, -0.15) is 0 Å². The average Bonchev–Trinajstić information content (AvgIpc) is 3.05. The van der Waals surface area contributed by atoms with Crippen molar-refractivity contribution in [1.29, 1.82) is 0 Å². The highest BCUT2D eigenvalue weighted by Gasteiger charge is 2.35. The number of likely N-dealkylation sites (tertiary alicyclic amines) is 1. The Balaban J connectivity index is 1.47. The number of carbonyl (C=O) groups is 2. The Labute approximate surface area is 178 Å². The van der Waals surface area contributed by atoms with Gasteiger partial charge >= 0.3 is 0 Å². The van der Waals surface area contributed by atoms with E-state index in [9.17, 15) is 18.4 Å². The summed E-state index contributed by atoms with van der Waals surface area (Å²) in [4.78, 5) is 32.8. The topological polar surface area (TPSA) is 53.5 Å². The van der Waals surface area contributed by atoms with Crippen LogP contribution in [0.15, 0.2) is 48.5 Å². The van der Waals surface area contributed by atoms with E-state index in [0.717, 1.165) is 27.7 Å². The molecule has 2 aromatic carbocycles. The van der Waals surface area contributed by atoms with Crippen LogP contribution in [0.25, 0.3) is 22.0 Å². The SMILES string of the molecule is CN1Cc2nc(-c3cccc4cc(C(=O)N5CCC(F)(F)CC5)ccc34)ccc2C1=O. The van der Waals surface area contributed by atoms with Crippen LogP contribution in [0.4, 0.5) is 8.78 Å². The maximum Gasteiger partial charge on any atom is 0.255 e. The second-order valence-electron chi connectivity index (χ2n) is 8.24. The highest BCUT2D eigenvalue weighted by molar-refractivity contribution is 6.03. The summed E-state index contributed by atoms with van der Waals surface area (Å²) in [6.07, 6.45) is -0.587. The molecule has 0 spiro atoms. The Morgan fingerprint density at radius 3 is 2.58 bits per heavy atom. The Morgan fingerprint density at radius 2 is 1.81 bits per heavy atom. The first-order valence-electron chi connectivity index (χ1n) is 10.3. The molecule has 3 heterocycles. The van der Waals surface area contributed by atoms with Crippen LogP contribution in [-0.2, 0) is 6.54 Å². The Morgan fingerprint density at radius 1 is 1.03 bits per heavy atom. The number of benzene rings is 2. The van der Waals surface area contributed by atoms with Crippen molar-refractivity contribution >= 4 is 22.6 Å². The van der Waals surface area contributed by atoms with E-state index >= 15 is 0 Å². The van der Waals surface area contributed by atoms with Gasteiger partial charge < -0.3 is 9.80 Å². The van der Waals surface area contributed by atoms with E-state index in [4.69, 9.17) is 4.98 Å². The second-order valence-corrected chi connectivity index (χ2v) is 8.24.